The maximum atomic E-state index is 12.1. The molecule has 3 amide bonds. The topological polar surface area (TPSA) is 75.7 Å². The lowest BCUT2D eigenvalue weighted by Crippen LogP contribution is -2.36. The van der Waals surface area contributed by atoms with Crippen LogP contribution in [0.1, 0.15) is 19.3 Å². The predicted molar refractivity (Wildman–Crippen MR) is 71.6 cm³/mol. The highest BCUT2D eigenvalue weighted by molar-refractivity contribution is 6.05. The van der Waals surface area contributed by atoms with Gasteiger partial charge in [-0.2, -0.15) is 0 Å². The third-order valence-corrected chi connectivity index (χ3v) is 3.79. The maximum absolute atomic E-state index is 12.1. The summed E-state index contributed by atoms with van der Waals surface area (Å²) in [6, 6.07) is 0. The van der Waals surface area contributed by atoms with Gasteiger partial charge in [0, 0.05) is 26.6 Å². The van der Waals surface area contributed by atoms with E-state index < -0.39 is 0 Å². The molecule has 1 saturated heterocycles. The molecule has 1 fully saturated rings. The Kier molecular flexibility index (Phi) is 4.89. The van der Waals surface area contributed by atoms with Gasteiger partial charge in [-0.05, 0) is 12.8 Å². The Balaban J connectivity index is 1.83. The SMILES string of the molecule is COCCNC(=O)CCN1C(=O)C2CC=CCC2C1=O. The predicted octanol–water partition coefficient (Wildman–Crippen LogP) is 0.0903. The number of carbonyl (C=O) groups excluding carboxylic acids is 3. The van der Waals surface area contributed by atoms with Crippen molar-refractivity contribution in [2.45, 2.75) is 19.3 Å². The standard InChI is InChI=1S/C14H20N2O4/c1-20-9-7-15-12(17)6-8-16-13(18)10-4-2-3-5-11(10)14(16)19/h2-3,10-11H,4-9H2,1H3,(H,15,17). The maximum Gasteiger partial charge on any atom is 0.233 e. The van der Waals surface area contributed by atoms with Crippen LogP contribution in [0.5, 0.6) is 0 Å². The van der Waals surface area contributed by atoms with Crippen LogP contribution in [0.4, 0.5) is 0 Å². The summed E-state index contributed by atoms with van der Waals surface area (Å²) in [5.74, 6) is -0.869. The van der Waals surface area contributed by atoms with Gasteiger partial charge in [0.05, 0.1) is 18.4 Å². The number of imide groups is 1. The smallest absolute Gasteiger partial charge is 0.233 e. The number of hydrogen-bond donors (Lipinski definition) is 1. The monoisotopic (exact) mass is 280 g/mol. The minimum absolute atomic E-state index is 0.131. The van der Waals surface area contributed by atoms with Crippen molar-refractivity contribution in [2.24, 2.45) is 11.8 Å². The van der Waals surface area contributed by atoms with Gasteiger partial charge in [0.2, 0.25) is 17.7 Å². The summed E-state index contributed by atoms with van der Waals surface area (Å²) in [6.07, 6.45) is 5.31. The molecule has 0 spiro atoms. The molecule has 0 bridgehead atoms. The lowest BCUT2D eigenvalue weighted by atomic mass is 9.85. The second-order valence-corrected chi connectivity index (χ2v) is 5.08. The zero-order valence-electron chi connectivity index (χ0n) is 11.6. The Hall–Kier alpha value is -1.69. The number of nitrogens with one attached hydrogen (secondary N) is 1. The van der Waals surface area contributed by atoms with Crippen molar-refractivity contribution >= 4 is 17.7 Å². The molecule has 0 aromatic carbocycles. The highest BCUT2D eigenvalue weighted by atomic mass is 16.5. The number of ether oxygens (including phenoxy) is 1. The molecule has 0 aromatic rings. The minimum atomic E-state index is -0.218. The van der Waals surface area contributed by atoms with Gasteiger partial charge in [-0.1, -0.05) is 12.2 Å². The Labute approximate surface area is 118 Å². The summed E-state index contributed by atoms with van der Waals surface area (Å²) in [5.41, 5.74) is 0. The van der Waals surface area contributed by atoms with Crippen LogP contribution < -0.4 is 5.32 Å². The van der Waals surface area contributed by atoms with Gasteiger partial charge in [-0.3, -0.25) is 19.3 Å². The van der Waals surface area contributed by atoms with Crippen LogP contribution in [0.25, 0.3) is 0 Å². The molecule has 1 heterocycles. The fourth-order valence-corrected chi connectivity index (χ4v) is 2.68. The normalized spacial score (nSPS) is 24.9. The highest BCUT2D eigenvalue weighted by Gasteiger charge is 2.46. The lowest BCUT2D eigenvalue weighted by molar-refractivity contribution is -0.140. The minimum Gasteiger partial charge on any atom is -0.383 e. The van der Waals surface area contributed by atoms with Crippen molar-refractivity contribution in [3.63, 3.8) is 0 Å². The molecule has 110 valence electrons. The van der Waals surface area contributed by atoms with Gasteiger partial charge >= 0.3 is 0 Å². The Bertz CT molecular complexity index is 407. The first-order valence-corrected chi connectivity index (χ1v) is 6.91. The summed E-state index contributed by atoms with van der Waals surface area (Å²) in [6.45, 7) is 1.05. The van der Waals surface area contributed by atoms with E-state index in [-0.39, 0.29) is 42.5 Å². The zero-order chi connectivity index (χ0) is 14.5. The van der Waals surface area contributed by atoms with Crippen molar-refractivity contribution in [1.29, 1.82) is 0 Å². The van der Waals surface area contributed by atoms with Crippen molar-refractivity contribution < 1.29 is 19.1 Å². The van der Waals surface area contributed by atoms with Crippen molar-refractivity contribution in [2.75, 3.05) is 26.8 Å². The Morgan fingerprint density at radius 3 is 2.45 bits per heavy atom. The summed E-state index contributed by atoms with van der Waals surface area (Å²) in [5, 5.41) is 2.67. The molecule has 1 aliphatic heterocycles. The van der Waals surface area contributed by atoms with E-state index in [1.54, 1.807) is 7.11 Å². The summed E-state index contributed by atoms with van der Waals surface area (Å²) >= 11 is 0. The first-order valence-electron chi connectivity index (χ1n) is 6.91. The number of hydrogen-bond acceptors (Lipinski definition) is 4. The largest absolute Gasteiger partial charge is 0.383 e. The molecule has 6 heteroatoms. The summed E-state index contributed by atoms with van der Waals surface area (Å²) in [4.78, 5) is 37.1. The van der Waals surface area contributed by atoms with E-state index >= 15 is 0 Å². The molecule has 1 N–H and O–H groups in total. The van der Waals surface area contributed by atoms with Crippen LogP contribution in [0, 0.1) is 11.8 Å². The number of likely N-dealkylation sites (tertiary alicyclic amines) is 1. The Morgan fingerprint density at radius 1 is 1.30 bits per heavy atom. The number of allylic oxidation sites excluding steroid dienone is 2. The fourth-order valence-electron chi connectivity index (χ4n) is 2.68. The second-order valence-electron chi connectivity index (χ2n) is 5.08. The van der Waals surface area contributed by atoms with Gasteiger partial charge in [-0.25, -0.2) is 0 Å². The number of methoxy groups -OCH3 is 1. The van der Waals surface area contributed by atoms with Gasteiger partial charge in [-0.15, -0.1) is 0 Å². The van der Waals surface area contributed by atoms with Crippen molar-refractivity contribution in [1.82, 2.24) is 10.2 Å². The molecule has 0 radical (unpaired) electrons. The van der Waals surface area contributed by atoms with E-state index in [9.17, 15) is 14.4 Å². The third kappa shape index (κ3) is 3.07. The fraction of sp³-hybridized carbons (Fsp3) is 0.643. The van der Waals surface area contributed by atoms with E-state index in [1.165, 1.54) is 4.90 Å². The molecule has 20 heavy (non-hydrogen) atoms. The van der Waals surface area contributed by atoms with Crippen LogP contribution in [0.3, 0.4) is 0 Å². The molecule has 2 aliphatic rings. The van der Waals surface area contributed by atoms with E-state index in [0.29, 0.717) is 26.0 Å². The number of amides is 3. The van der Waals surface area contributed by atoms with Gasteiger partial charge in [0.15, 0.2) is 0 Å². The van der Waals surface area contributed by atoms with Crippen LogP contribution in [0.15, 0.2) is 12.2 Å². The molecule has 2 atom stereocenters. The summed E-state index contributed by atoms with van der Waals surface area (Å²) < 4.78 is 4.83. The van der Waals surface area contributed by atoms with E-state index in [4.69, 9.17) is 4.74 Å². The molecule has 0 aromatic heterocycles. The molecule has 2 unspecified atom stereocenters. The third-order valence-electron chi connectivity index (χ3n) is 3.79. The van der Waals surface area contributed by atoms with E-state index in [2.05, 4.69) is 5.32 Å². The van der Waals surface area contributed by atoms with Crippen molar-refractivity contribution in [3.05, 3.63) is 12.2 Å². The van der Waals surface area contributed by atoms with Gasteiger partial charge in [0.1, 0.15) is 0 Å². The van der Waals surface area contributed by atoms with Crippen molar-refractivity contribution in [3.8, 4) is 0 Å². The molecule has 6 nitrogen and oxygen atoms in total. The van der Waals surface area contributed by atoms with Crippen LogP contribution in [-0.4, -0.2) is 49.4 Å². The molecule has 0 saturated carbocycles. The van der Waals surface area contributed by atoms with Gasteiger partial charge < -0.3 is 10.1 Å². The second kappa shape index (κ2) is 6.65. The molecular weight excluding hydrogens is 260 g/mol. The summed E-state index contributed by atoms with van der Waals surface area (Å²) in [7, 11) is 1.56. The van der Waals surface area contributed by atoms with E-state index in [0.717, 1.165) is 0 Å². The van der Waals surface area contributed by atoms with Crippen LogP contribution in [-0.2, 0) is 19.1 Å². The highest BCUT2D eigenvalue weighted by Crippen LogP contribution is 2.34. The number of fused-ring (bicyclic) bond motifs is 1. The van der Waals surface area contributed by atoms with Crippen LogP contribution >= 0.6 is 0 Å². The average molecular weight is 280 g/mol. The Morgan fingerprint density at radius 2 is 1.90 bits per heavy atom. The first kappa shape index (κ1) is 14.7. The average Bonchev–Trinajstić information content (AvgIpc) is 2.70. The molecule has 1 aliphatic carbocycles. The van der Waals surface area contributed by atoms with E-state index in [1.807, 2.05) is 12.2 Å². The molecule has 2 rings (SSSR count). The van der Waals surface area contributed by atoms with Crippen LogP contribution in [0.2, 0.25) is 0 Å². The number of rotatable bonds is 6. The van der Waals surface area contributed by atoms with Gasteiger partial charge in [0.25, 0.3) is 0 Å². The first-order chi connectivity index (χ1) is 9.65. The zero-order valence-corrected chi connectivity index (χ0v) is 11.6. The molecular formula is C14H20N2O4. The number of nitrogens with zero attached hydrogens (tertiary/aromatic N) is 1. The quantitative estimate of drug-likeness (QED) is 0.425. The number of carbonyl (C=O) groups is 3. The lowest BCUT2D eigenvalue weighted by Gasteiger charge is -2.14.